The monoisotopic (exact) mass is 240 g/mol. The Morgan fingerprint density at radius 2 is 2.06 bits per heavy atom. The minimum atomic E-state index is -0.411. The molecule has 4 heteroatoms. The van der Waals surface area contributed by atoms with Crippen molar-refractivity contribution in [2.24, 2.45) is 0 Å². The van der Waals surface area contributed by atoms with Crippen LogP contribution in [0.25, 0.3) is 0 Å². The van der Waals surface area contributed by atoms with Gasteiger partial charge in [-0.1, -0.05) is 19.1 Å². The summed E-state index contributed by atoms with van der Waals surface area (Å²) in [4.78, 5) is 13.4. The maximum absolute atomic E-state index is 11.6. The van der Waals surface area contributed by atoms with Crippen molar-refractivity contribution >= 4 is 6.09 Å². The Kier molecular flexibility index (Phi) is 4.57. The Labute approximate surface area is 104 Å². The van der Waals surface area contributed by atoms with Crippen molar-refractivity contribution in [2.75, 3.05) is 19.6 Å². The van der Waals surface area contributed by atoms with E-state index in [2.05, 4.69) is 18.8 Å². The third-order valence-electron chi connectivity index (χ3n) is 2.67. The van der Waals surface area contributed by atoms with Gasteiger partial charge >= 0.3 is 6.09 Å². The molecule has 0 bridgehead atoms. The molecule has 1 amide bonds. The van der Waals surface area contributed by atoms with Crippen LogP contribution < -0.4 is 5.32 Å². The van der Waals surface area contributed by atoms with Crippen molar-refractivity contribution in [1.82, 2.24) is 10.2 Å². The Hall–Kier alpha value is -1.03. The molecular formula is C13H24N2O2. The Balaban J connectivity index is 2.18. The molecule has 1 aliphatic rings. The van der Waals surface area contributed by atoms with E-state index in [1.54, 1.807) is 4.90 Å². The van der Waals surface area contributed by atoms with Crippen molar-refractivity contribution in [3.63, 3.8) is 0 Å². The van der Waals surface area contributed by atoms with Crippen molar-refractivity contribution in [3.8, 4) is 0 Å². The molecule has 1 fully saturated rings. The standard InChI is InChI=1S/C13H24N2O2/c1-6-10(2)7-14-11-8-15(9-11)12(16)17-13(3,4)5/h11,14H,2,6-9H2,1,3-5H3. The highest BCUT2D eigenvalue weighted by molar-refractivity contribution is 5.69. The van der Waals surface area contributed by atoms with Gasteiger partial charge in [0.15, 0.2) is 0 Å². The molecule has 0 unspecified atom stereocenters. The molecule has 17 heavy (non-hydrogen) atoms. The molecule has 1 N–H and O–H groups in total. The van der Waals surface area contributed by atoms with Gasteiger partial charge in [-0.2, -0.15) is 0 Å². The van der Waals surface area contributed by atoms with Gasteiger partial charge in [0.1, 0.15) is 5.60 Å². The molecule has 0 radical (unpaired) electrons. The zero-order valence-electron chi connectivity index (χ0n) is 11.4. The SMILES string of the molecule is C=C(CC)CNC1CN(C(=O)OC(C)(C)C)C1. The molecular weight excluding hydrogens is 216 g/mol. The number of likely N-dealkylation sites (tertiary alicyclic amines) is 1. The number of ether oxygens (including phenoxy) is 1. The Morgan fingerprint density at radius 3 is 2.53 bits per heavy atom. The number of nitrogens with zero attached hydrogens (tertiary/aromatic N) is 1. The lowest BCUT2D eigenvalue weighted by molar-refractivity contribution is 0.00563. The van der Waals surface area contributed by atoms with Crippen LogP contribution in [0.15, 0.2) is 12.2 Å². The minimum absolute atomic E-state index is 0.218. The van der Waals surface area contributed by atoms with E-state index in [1.165, 1.54) is 5.57 Å². The average molecular weight is 240 g/mol. The summed E-state index contributed by atoms with van der Waals surface area (Å²) in [6.07, 6.45) is 0.778. The fourth-order valence-corrected chi connectivity index (χ4v) is 1.50. The van der Waals surface area contributed by atoms with E-state index in [9.17, 15) is 4.79 Å². The number of carbonyl (C=O) groups excluding carboxylic acids is 1. The van der Waals surface area contributed by atoms with E-state index in [4.69, 9.17) is 4.74 Å². The van der Waals surface area contributed by atoms with Gasteiger partial charge in [0.05, 0.1) is 0 Å². The van der Waals surface area contributed by atoms with Crippen LogP contribution in [-0.2, 0) is 4.74 Å². The first-order chi connectivity index (χ1) is 7.81. The third-order valence-corrected chi connectivity index (χ3v) is 2.67. The van der Waals surface area contributed by atoms with Crippen LogP contribution in [0.1, 0.15) is 34.1 Å². The van der Waals surface area contributed by atoms with Gasteiger partial charge < -0.3 is 15.0 Å². The first-order valence-electron chi connectivity index (χ1n) is 6.19. The first kappa shape index (κ1) is 14.0. The third kappa shape index (κ3) is 4.77. The molecule has 0 aromatic rings. The predicted octanol–water partition coefficient (Wildman–Crippen LogP) is 2.16. The van der Waals surface area contributed by atoms with E-state index in [1.807, 2.05) is 20.8 Å². The van der Waals surface area contributed by atoms with Crippen molar-refractivity contribution < 1.29 is 9.53 Å². The van der Waals surface area contributed by atoms with E-state index in [0.29, 0.717) is 6.04 Å². The topological polar surface area (TPSA) is 41.6 Å². The van der Waals surface area contributed by atoms with Crippen LogP contribution in [0.5, 0.6) is 0 Å². The Bertz CT molecular complexity index is 288. The number of rotatable bonds is 4. The zero-order valence-corrected chi connectivity index (χ0v) is 11.4. The maximum atomic E-state index is 11.6. The second-order valence-electron chi connectivity index (χ2n) is 5.57. The summed E-state index contributed by atoms with van der Waals surface area (Å²) in [5, 5.41) is 3.37. The number of carbonyl (C=O) groups is 1. The summed E-state index contributed by atoms with van der Waals surface area (Å²) in [7, 11) is 0. The van der Waals surface area contributed by atoms with E-state index < -0.39 is 5.60 Å². The van der Waals surface area contributed by atoms with E-state index >= 15 is 0 Å². The number of hydrogen-bond acceptors (Lipinski definition) is 3. The highest BCUT2D eigenvalue weighted by atomic mass is 16.6. The summed E-state index contributed by atoms with van der Waals surface area (Å²) in [5.74, 6) is 0. The molecule has 0 spiro atoms. The highest BCUT2D eigenvalue weighted by Gasteiger charge is 2.33. The van der Waals surface area contributed by atoms with E-state index in [0.717, 1.165) is 26.1 Å². The molecule has 1 heterocycles. The van der Waals surface area contributed by atoms with Crippen LogP contribution >= 0.6 is 0 Å². The first-order valence-corrected chi connectivity index (χ1v) is 6.19. The molecule has 0 saturated carbocycles. The zero-order chi connectivity index (χ0) is 13.1. The lowest BCUT2D eigenvalue weighted by Crippen LogP contribution is -2.60. The highest BCUT2D eigenvalue weighted by Crippen LogP contribution is 2.15. The largest absolute Gasteiger partial charge is 0.444 e. The normalized spacial score (nSPS) is 16.6. The number of nitrogens with one attached hydrogen (secondary N) is 1. The molecule has 98 valence electrons. The lowest BCUT2D eigenvalue weighted by atomic mass is 10.1. The quantitative estimate of drug-likeness (QED) is 0.766. The predicted molar refractivity (Wildman–Crippen MR) is 69.0 cm³/mol. The van der Waals surface area contributed by atoms with E-state index in [-0.39, 0.29) is 6.09 Å². The molecule has 1 aliphatic heterocycles. The van der Waals surface area contributed by atoms with Crippen LogP contribution in [0.2, 0.25) is 0 Å². The minimum Gasteiger partial charge on any atom is -0.444 e. The summed E-state index contributed by atoms with van der Waals surface area (Å²) in [6.45, 7) is 14.0. The van der Waals surface area contributed by atoms with Gasteiger partial charge in [-0.3, -0.25) is 0 Å². The van der Waals surface area contributed by atoms with Crippen LogP contribution in [0.4, 0.5) is 4.79 Å². The maximum Gasteiger partial charge on any atom is 0.410 e. The van der Waals surface area contributed by atoms with Crippen LogP contribution in [0, 0.1) is 0 Å². The second kappa shape index (κ2) is 5.54. The summed E-state index contributed by atoms with van der Waals surface area (Å²) >= 11 is 0. The molecule has 0 aliphatic carbocycles. The van der Waals surface area contributed by atoms with Gasteiger partial charge in [-0.15, -0.1) is 0 Å². The van der Waals surface area contributed by atoms with Crippen molar-refractivity contribution in [2.45, 2.75) is 45.8 Å². The fourth-order valence-electron chi connectivity index (χ4n) is 1.50. The summed E-state index contributed by atoms with van der Waals surface area (Å²) in [6, 6.07) is 0.380. The number of hydrogen-bond donors (Lipinski definition) is 1. The van der Waals surface area contributed by atoms with Gasteiger partial charge in [-0.25, -0.2) is 4.79 Å². The summed E-state index contributed by atoms with van der Waals surface area (Å²) < 4.78 is 5.28. The average Bonchev–Trinajstić information content (AvgIpc) is 2.11. The van der Waals surface area contributed by atoms with Gasteiger partial charge in [-0.05, 0) is 27.2 Å². The molecule has 1 saturated heterocycles. The van der Waals surface area contributed by atoms with Gasteiger partial charge in [0.2, 0.25) is 0 Å². The molecule has 4 nitrogen and oxygen atoms in total. The second-order valence-corrected chi connectivity index (χ2v) is 5.57. The van der Waals surface area contributed by atoms with Crippen LogP contribution in [-0.4, -0.2) is 42.3 Å². The fraction of sp³-hybridized carbons (Fsp3) is 0.769. The molecule has 0 aromatic carbocycles. The van der Waals surface area contributed by atoms with Gasteiger partial charge in [0.25, 0.3) is 0 Å². The lowest BCUT2D eigenvalue weighted by Gasteiger charge is -2.40. The van der Waals surface area contributed by atoms with Crippen molar-refractivity contribution in [3.05, 3.63) is 12.2 Å². The van der Waals surface area contributed by atoms with Crippen molar-refractivity contribution in [1.29, 1.82) is 0 Å². The Morgan fingerprint density at radius 1 is 1.47 bits per heavy atom. The molecule has 0 aromatic heterocycles. The smallest absolute Gasteiger partial charge is 0.410 e. The van der Waals surface area contributed by atoms with Gasteiger partial charge in [0, 0.05) is 25.7 Å². The summed E-state index contributed by atoms with van der Waals surface area (Å²) in [5.41, 5.74) is 0.784. The molecule has 1 rings (SSSR count). The van der Waals surface area contributed by atoms with Crippen LogP contribution in [0.3, 0.4) is 0 Å². The molecule has 0 atom stereocenters. The number of amides is 1.